The molecule has 0 aromatic heterocycles. The summed E-state index contributed by atoms with van der Waals surface area (Å²) in [6.45, 7) is 4.87. The van der Waals surface area contributed by atoms with E-state index in [1.807, 2.05) is 30.3 Å². The number of nitrogens with two attached hydrogens (primary N) is 2. The topological polar surface area (TPSA) is 128 Å². The quantitative estimate of drug-likeness (QED) is 0.0336. The van der Waals surface area contributed by atoms with Gasteiger partial charge in [-0.15, -0.1) is 0 Å². The Morgan fingerprint density at radius 2 is 1.02 bits per heavy atom. The lowest BCUT2D eigenvalue weighted by Gasteiger charge is -2.29. The van der Waals surface area contributed by atoms with Crippen LogP contribution in [0.3, 0.4) is 0 Å². The van der Waals surface area contributed by atoms with Gasteiger partial charge in [0.05, 0.1) is 0 Å². The summed E-state index contributed by atoms with van der Waals surface area (Å²) in [4.78, 5) is 46.3. The van der Waals surface area contributed by atoms with E-state index in [1.54, 1.807) is 0 Å². The highest BCUT2D eigenvalue weighted by molar-refractivity contribution is 5.99. The first-order chi connectivity index (χ1) is 23.9. The van der Waals surface area contributed by atoms with Crippen LogP contribution in [0.5, 0.6) is 0 Å². The van der Waals surface area contributed by atoms with Crippen LogP contribution < -0.4 is 11.5 Å². The molecule has 0 fully saturated rings. The molecule has 0 aliphatic heterocycles. The molecule has 4 N–H and O–H groups in total. The molecule has 49 heavy (non-hydrogen) atoms. The predicted octanol–water partition coefficient (Wildman–Crippen LogP) is 9.91. The summed E-state index contributed by atoms with van der Waals surface area (Å²) in [5.41, 5.74) is 11.9. The van der Waals surface area contributed by atoms with E-state index >= 15 is 0 Å². The molecule has 0 aliphatic rings. The van der Waals surface area contributed by atoms with Crippen LogP contribution in [-0.4, -0.2) is 41.2 Å². The number of rotatable bonds is 32. The molecule has 2 amide bonds. The van der Waals surface area contributed by atoms with Crippen molar-refractivity contribution in [2.45, 2.75) is 193 Å². The Kier molecular flexibility index (Phi) is 28.0. The van der Waals surface area contributed by atoms with Gasteiger partial charge in [-0.25, -0.2) is 4.79 Å². The van der Waals surface area contributed by atoms with Crippen molar-refractivity contribution in [1.82, 2.24) is 4.90 Å². The van der Waals surface area contributed by atoms with Gasteiger partial charge in [-0.3, -0.25) is 19.5 Å². The number of amides is 2. The van der Waals surface area contributed by atoms with E-state index in [-0.39, 0.29) is 43.6 Å². The predicted molar refractivity (Wildman–Crippen MR) is 204 cm³/mol. The molecule has 1 atom stereocenters. The van der Waals surface area contributed by atoms with Crippen LogP contribution in [0.2, 0.25) is 0 Å². The van der Waals surface area contributed by atoms with E-state index in [0.29, 0.717) is 25.8 Å². The number of aliphatic imine (C=N–C) groups is 1. The van der Waals surface area contributed by atoms with E-state index in [0.717, 1.165) is 31.2 Å². The standard InChI is InChI=1S/C41H72N4O4/c1-3-5-7-9-11-13-15-17-19-21-26-32-38(46)45(39(47)33-27-22-20-18-16-14-12-10-8-6-4-2)37(31-28-34-44-41(42)43)40(48)49-35-36-29-24-23-25-30-36/h23-25,29-30,37H,3-22,26-28,31-35H2,1-2H3,(H4,42,43,44)/t37-/m0/s1. The summed E-state index contributed by atoms with van der Waals surface area (Å²) in [5.74, 6) is -1.16. The Morgan fingerprint density at radius 1 is 0.612 bits per heavy atom. The average molecular weight is 685 g/mol. The fourth-order valence-electron chi connectivity index (χ4n) is 6.28. The zero-order valence-corrected chi connectivity index (χ0v) is 31.4. The van der Waals surface area contributed by atoms with Crippen LogP contribution in [0, 0.1) is 0 Å². The largest absolute Gasteiger partial charge is 0.459 e. The minimum atomic E-state index is -1.00. The van der Waals surface area contributed by atoms with Crippen molar-refractivity contribution < 1.29 is 19.1 Å². The van der Waals surface area contributed by atoms with Crippen molar-refractivity contribution in [3.8, 4) is 0 Å². The van der Waals surface area contributed by atoms with Crippen LogP contribution >= 0.6 is 0 Å². The van der Waals surface area contributed by atoms with Gasteiger partial charge in [-0.2, -0.15) is 0 Å². The van der Waals surface area contributed by atoms with Crippen molar-refractivity contribution in [2.24, 2.45) is 16.5 Å². The number of nitrogens with zero attached hydrogens (tertiary/aromatic N) is 2. The Bertz CT molecular complexity index is 958. The van der Waals surface area contributed by atoms with Gasteiger partial charge in [-0.05, 0) is 31.2 Å². The average Bonchev–Trinajstić information content (AvgIpc) is 3.10. The second kappa shape index (κ2) is 31.1. The summed E-state index contributed by atoms with van der Waals surface area (Å²) in [6, 6.07) is 8.44. The molecule has 0 heterocycles. The van der Waals surface area contributed by atoms with Crippen molar-refractivity contribution in [3.05, 3.63) is 35.9 Å². The van der Waals surface area contributed by atoms with Crippen LogP contribution in [0.1, 0.15) is 186 Å². The van der Waals surface area contributed by atoms with E-state index in [9.17, 15) is 14.4 Å². The maximum atomic E-state index is 13.7. The number of benzene rings is 1. The minimum Gasteiger partial charge on any atom is -0.459 e. The van der Waals surface area contributed by atoms with Gasteiger partial charge in [0.25, 0.3) is 0 Å². The molecule has 0 spiro atoms. The van der Waals surface area contributed by atoms with Gasteiger partial charge in [0.15, 0.2) is 5.96 Å². The first-order valence-corrected chi connectivity index (χ1v) is 20.0. The Labute approximate surface area is 299 Å². The molecule has 0 bridgehead atoms. The molecule has 0 saturated carbocycles. The van der Waals surface area contributed by atoms with Gasteiger partial charge < -0.3 is 16.2 Å². The van der Waals surface area contributed by atoms with Crippen molar-refractivity contribution >= 4 is 23.7 Å². The fourth-order valence-corrected chi connectivity index (χ4v) is 6.28. The summed E-state index contributed by atoms with van der Waals surface area (Å²) in [7, 11) is 0. The third-order valence-electron chi connectivity index (χ3n) is 9.26. The van der Waals surface area contributed by atoms with Gasteiger partial charge in [0, 0.05) is 19.4 Å². The molecule has 8 heteroatoms. The highest BCUT2D eigenvalue weighted by atomic mass is 16.5. The molecule has 1 rings (SSSR count). The van der Waals surface area contributed by atoms with Gasteiger partial charge in [-0.1, -0.05) is 173 Å². The SMILES string of the molecule is CCCCCCCCCCCCCC(=O)N(C(=O)CCCCCCCCCCCCC)[C@@H](CCCN=C(N)N)C(=O)OCc1ccccc1. The van der Waals surface area contributed by atoms with E-state index in [2.05, 4.69) is 18.8 Å². The lowest BCUT2D eigenvalue weighted by Crippen LogP contribution is -2.49. The normalized spacial score (nSPS) is 11.6. The number of unbranched alkanes of at least 4 members (excludes halogenated alkanes) is 20. The first-order valence-electron chi connectivity index (χ1n) is 20.0. The number of hydrogen-bond donors (Lipinski definition) is 2. The number of carbonyl (C=O) groups excluding carboxylic acids is 3. The lowest BCUT2D eigenvalue weighted by atomic mass is 10.0. The number of esters is 1. The van der Waals surface area contributed by atoms with Gasteiger partial charge in [0.1, 0.15) is 12.6 Å². The summed E-state index contributed by atoms with van der Waals surface area (Å²) >= 11 is 0. The van der Waals surface area contributed by atoms with Gasteiger partial charge in [0.2, 0.25) is 11.8 Å². The second-order valence-corrected chi connectivity index (χ2v) is 13.8. The molecule has 0 unspecified atom stereocenters. The number of guanidine groups is 1. The smallest absolute Gasteiger partial charge is 0.329 e. The third kappa shape index (κ3) is 24.0. The van der Waals surface area contributed by atoms with Crippen LogP contribution in [0.25, 0.3) is 0 Å². The number of imide groups is 1. The molecule has 0 aliphatic carbocycles. The van der Waals surface area contributed by atoms with E-state index < -0.39 is 12.0 Å². The highest BCUT2D eigenvalue weighted by Crippen LogP contribution is 2.19. The summed E-state index contributed by atoms with van der Waals surface area (Å²) < 4.78 is 5.70. The van der Waals surface area contributed by atoms with Crippen molar-refractivity contribution in [2.75, 3.05) is 6.54 Å². The monoisotopic (exact) mass is 685 g/mol. The molecule has 1 aromatic rings. The maximum absolute atomic E-state index is 13.7. The molecule has 1 aromatic carbocycles. The molecule has 8 nitrogen and oxygen atoms in total. The van der Waals surface area contributed by atoms with Gasteiger partial charge >= 0.3 is 5.97 Å². The van der Waals surface area contributed by atoms with Crippen LogP contribution in [-0.2, 0) is 25.7 Å². The number of carbonyl (C=O) groups is 3. The Balaban J connectivity index is 2.78. The van der Waals surface area contributed by atoms with Crippen molar-refractivity contribution in [3.63, 3.8) is 0 Å². The highest BCUT2D eigenvalue weighted by Gasteiger charge is 2.35. The molecule has 280 valence electrons. The Hall–Kier alpha value is -2.90. The lowest BCUT2D eigenvalue weighted by molar-refractivity contribution is -0.162. The minimum absolute atomic E-state index is 0.0276. The Morgan fingerprint density at radius 3 is 1.43 bits per heavy atom. The van der Waals surface area contributed by atoms with Crippen LogP contribution in [0.15, 0.2) is 35.3 Å². The number of hydrogen-bond acceptors (Lipinski definition) is 5. The summed E-state index contributed by atoms with van der Waals surface area (Å²) in [5, 5.41) is 0. The molecular weight excluding hydrogens is 612 g/mol. The van der Waals surface area contributed by atoms with Crippen LogP contribution in [0.4, 0.5) is 0 Å². The molecule has 0 saturated heterocycles. The van der Waals surface area contributed by atoms with E-state index in [1.165, 1.54) is 108 Å². The molecular formula is C41H72N4O4. The van der Waals surface area contributed by atoms with Crippen molar-refractivity contribution in [1.29, 1.82) is 0 Å². The second-order valence-electron chi connectivity index (χ2n) is 13.8. The molecule has 0 radical (unpaired) electrons. The van der Waals surface area contributed by atoms with E-state index in [4.69, 9.17) is 16.2 Å². The fraction of sp³-hybridized carbons (Fsp3) is 0.756. The number of ether oxygens (including phenoxy) is 1. The zero-order valence-electron chi connectivity index (χ0n) is 31.4. The first kappa shape index (κ1) is 44.1. The zero-order chi connectivity index (χ0) is 35.8. The third-order valence-corrected chi connectivity index (χ3v) is 9.26. The maximum Gasteiger partial charge on any atom is 0.329 e. The summed E-state index contributed by atoms with van der Waals surface area (Å²) in [6.07, 6.45) is 27.1.